The largest absolute Gasteiger partial charge is 0.490 e. The molecule has 0 bridgehead atoms. The third kappa shape index (κ3) is 4.73. The van der Waals surface area contributed by atoms with E-state index in [2.05, 4.69) is 4.74 Å². The summed E-state index contributed by atoms with van der Waals surface area (Å²) < 4.78 is 85.8. The van der Waals surface area contributed by atoms with Gasteiger partial charge in [0.1, 0.15) is 11.9 Å². The molecule has 3 atom stereocenters. The number of alkyl halides is 5. The van der Waals surface area contributed by atoms with E-state index in [9.17, 15) is 36.2 Å². The third-order valence-corrected chi connectivity index (χ3v) is 4.15. The Morgan fingerprint density at radius 2 is 1.81 bits per heavy atom. The van der Waals surface area contributed by atoms with Crippen molar-refractivity contribution in [2.24, 2.45) is 5.73 Å². The van der Waals surface area contributed by atoms with Crippen molar-refractivity contribution in [3.8, 4) is 0 Å². The number of esters is 1. The van der Waals surface area contributed by atoms with E-state index in [0.29, 0.717) is 13.0 Å². The van der Waals surface area contributed by atoms with Gasteiger partial charge in [0.05, 0.1) is 5.56 Å². The summed E-state index contributed by atoms with van der Waals surface area (Å²) in [5.41, 5.74) is 0.677. The first-order valence-corrected chi connectivity index (χ1v) is 8.10. The van der Waals surface area contributed by atoms with Gasteiger partial charge in [0.15, 0.2) is 5.60 Å². The van der Waals surface area contributed by atoms with Crippen molar-refractivity contribution in [2.45, 2.75) is 63.5 Å². The van der Waals surface area contributed by atoms with Crippen LogP contribution in [0.15, 0.2) is 18.2 Å². The topological polar surface area (TPSA) is 72.5 Å². The monoisotopic (exact) mass is 401 g/mol. The predicted molar refractivity (Wildman–Crippen MR) is 84.4 cm³/mol. The summed E-state index contributed by atoms with van der Waals surface area (Å²) >= 11 is 0. The number of aliphatic hydroxyl groups is 1. The van der Waals surface area contributed by atoms with Crippen LogP contribution in [0.2, 0.25) is 0 Å². The number of hydrogen-bond acceptors (Lipinski definition) is 4. The predicted octanol–water partition coefficient (Wildman–Crippen LogP) is 3.96. The summed E-state index contributed by atoms with van der Waals surface area (Å²) in [6.45, 7) is 3.28. The molecule has 0 radical (unpaired) electrons. The maximum absolute atomic E-state index is 15.0. The van der Waals surface area contributed by atoms with Gasteiger partial charge in [-0.25, -0.2) is 9.18 Å². The molecule has 0 fully saturated rings. The first-order valence-electron chi connectivity index (χ1n) is 8.10. The highest BCUT2D eigenvalue weighted by Crippen LogP contribution is 2.45. The molecule has 0 heterocycles. The Kier molecular flexibility index (Phi) is 6.93. The molecule has 0 amide bonds. The maximum Gasteiger partial charge on any atom is 0.490 e. The molecule has 154 valence electrons. The lowest BCUT2D eigenvalue weighted by Crippen LogP contribution is -2.55. The molecule has 10 heteroatoms. The van der Waals surface area contributed by atoms with Crippen LogP contribution in [-0.2, 0) is 15.5 Å². The quantitative estimate of drug-likeness (QED) is 0.536. The van der Waals surface area contributed by atoms with Crippen LogP contribution in [0.1, 0.15) is 50.8 Å². The SMILES string of the molecule is CCCC(OC(=O)C(F)(F)F)C(C)(O)C(F)(F)c1cccc([C@@H](C)N)c1F. The number of benzene rings is 1. The van der Waals surface area contributed by atoms with Gasteiger partial charge in [-0.3, -0.25) is 0 Å². The second-order valence-electron chi connectivity index (χ2n) is 6.40. The third-order valence-electron chi connectivity index (χ3n) is 4.15. The van der Waals surface area contributed by atoms with Gasteiger partial charge in [-0.2, -0.15) is 22.0 Å². The number of ether oxygens (including phenoxy) is 1. The molecule has 0 aliphatic heterocycles. The highest BCUT2D eigenvalue weighted by molar-refractivity contribution is 5.75. The van der Waals surface area contributed by atoms with E-state index in [1.807, 2.05) is 0 Å². The number of hydrogen-bond donors (Lipinski definition) is 2. The van der Waals surface area contributed by atoms with Gasteiger partial charge >= 0.3 is 18.1 Å². The van der Waals surface area contributed by atoms with Crippen molar-refractivity contribution in [2.75, 3.05) is 0 Å². The normalized spacial score (nSPS) is 17.1. The molecule has 4 nitrogen and oxygen atoms in total. The van der Waals surface area contributed by atoms with Crippen molar-refractivity contribution in [1.82, 2.24) is 0 Å². The molecule has 0 aliphatic rings. The van der Waals surface area contributed by atoms with Gasteiger partial charge in [-0.05, 0) is 26.3 Å². The van der Waals surface area contributed by atoms with Crippen molar-refractivity contribution in [3.63, 3.8) is 0 Å². The summed E-state index contributed by atoms with van der Waals surface area (Å²) in [5.74, 6) is -8.50. The van der Waals surface area contributed by atoms with E-state index in [4.69, 9.17) is 5.73 Å². The average molecular weight is 401 g/mol. The minimum atomic E-state index is -5.43. The Balaban J connectivity index is 3.39. The molecule has 0 aliphatic carbocycles. The first kappa shape index (κ1) is 23.2. The van der Waals surface area contributed by atoms with Crippen LogP contribution in [0.3, 0.4) is 0 Å². The van der Waals surface area contributed by atoms with Gasteiger partial charge in [-0.15, -0.1) is 0 Å². The minimum absolute atomic E-state index is 0.0182. The number of halogens is 6. The van der Waals surface area contributed by atoms with Gasteiger partial charge in [0.25, 0.3) is 0 Å². The molecule has 0 aromatic heterocycles. The molecule has 1 aromatic carbocycles. The minimum Gasteiger partial charge on any atom is -0.452 e. The smallest absolute Gasteiger partial charge is 0.452 e. The summed E-state index contributed by atoms with van der Waals surface area (Å²) in [6.07, 6.45) is -8.15. The van der Waals surface area contributed by atoms with Crippen molar-refractivity contribution in [1.29, 1.82) is 0 Å². The number of nitrogens with two attached hydrogens (primary N) is 1. The van der Waals surface area contributed by atoms with E-state index in [1.54, 1.807) is 0 Å². The number of rotatable bonds is 7. The van der Waals surface area contributed by atoms with Crippen molar-refractivity contribution >= 4 is 5.97 Å². The Bertz CT molecular complexity index is 673. The molecular formula is C17H21F6NO3. The van der Waals surface area contributed by atoms with Crippen LogP contribution < -0.4 is 5.73 Å². The fourth-order valence-electron chi connectivity index (χ4n) is 2.53. The van der Waals surface area contributed by atoms with Crippen LogP contribution >= 0.6 is 0 Å². The summed E-state index contributed by atoms with van der Waals surface area (Å²) in [7, 11) is 0. The Morgan fingerprint density at radius 1 is 1.26 bits per heavy atom. The van der Waals surface area contributed by atoms with E-state index in [-0.39, 0.29) is 12.0 Å². The Hall–Kier alpha value is -1.81. The number of carbonyl (C=O) groups is 1. The van der Waals surface area contributed by atoms with Gasteiger partial charge in [0.2, 0.25) is 0 Å². The summed E-state index contributed by atoms with van der Waals surface area (Å²) in [4.78, 5) is 11.1. The lowest BCUT2D eigenvalue weighted by atomic mass is 9.83. The van der Waals surface area contributed by atoms with E-state index < -0.39 is 53.6 Å². The highest BCUT2D eigenvalue weighted by Gasteiger charge is 2.59. The molecule has 1 rings (SSSR count). The zero-order chi connectivity index (χ0) is 21.2. The fraction of sp³-hybridized carbons (Fsp3) is 0.588. The number of carbonyl (C=O) groups excluding carboxylic acids is 1. The maximum atomic E-state index is 15.0. The van der Waals surface area contributed by atoms with Gasteiger partial charge < -0.3 is 15.6 Å². The molecule has 3 N–H and O–H groups in total. The van der Waals surface area contributed by atoms with Crippen molar-refractivity contribution < 1.29 is 41.0 Å². The van der Waals surface area contributed by atoms with E-state index in [1.165, 1.54) is 19.9 Å². The Labute approximate surface area is 152 Å². The van der Waals surface area contributed by atoms with E-state index in [0.717, 1.165) is 6.07 Å². The average Bonchev–Trinajstić information content (AvgIpc) is 2.52. The first-order chi connectivity index (χ1) is 12.2. The molecule has 0 saturated carbocycles. The fourth-order valence-corrected chi connectivity index (χ4v) is 2.53. The second kappa shape index (κ2) is 8.05. The second-order valence-corrected chi connectivity index (χ2v) is 6.40. The molecule has 27 heavy (non-hydrogen) atoms. The zero-order valence-corrected chi connectivity index (χ0v) is 14.9. The van der Waals surface area contributed by atoms with Crippen LogP contribution in [0, 0.1) is 5.82 Å². The summed E-state index contributed by atoms with van der Waals surface area (Å²) in [6, 6.07) is 1.99. The molecule has 1 aromatic rings. The van der Waals surface area contributed by atoms with Crippen LogP contribution in [-0.4, -0.2) is 29.0 Å². The molecular weight excluding hydrogens is 380 g/mol. The Morgan fingerprint density at radius 3 is 2.26 bits per heavy atom. The van der Waals surface area contributed by atoms with Gasteiger partial charge in [-0.1, -0.05) is 25.5 Å². The van der Waals surface area contributed by atoms with Crippen LogP contribution in [0.25, 0.3) is 0 Å². The lowest BCUT2D eigenvalue weighted by molar-refractivity contribution is -0.250. The standard InChI is InChI=1S/C17H21F6NO3/c1-4-6-12(27-14(25)17(21,22)23)15(3,26)16(19,20)11-8-5-7-10(9(2)24)13(11)18/h5,7-9,12,26H,4,6,24H2,1-3H3/t9-,12?,15?/m1/s1. The zero-order valence-electron chi connectivity index (χ0n) is 14.9. The molecule has 0 spiro atoms. The van der Waals surface area contributed by atoms with E-state index >= 15 is 0 Å². The molecule has 2 unspecified atom stereocenters. The van der Waals surface area contributed by atoms with Crippen molar-refractivity contribution in [3.05, 3.63) is 35.1 Å². The molecule has 0 saturated heterocycles. The van der Waals surface area contributed by atoms with Gasteiger partial charge in [0, 0.05) is 11.6 Å². The van der Waals surface area contributed by atoms with Crippen LogP contribution in [0.5, 0.6) is 0 Å². The summed E-state index contributed by atoms with van der Waals surface area (Å²) in [5, 5.41) is 10.4. The lowest BCUT2D eigenvalue weighted by Gasteiger charge is -2.39. The van der Waals surface area contributed by atoms with Crippen LogP contribution in [0.4, 0.5) is 26.3 Å². The highest BCUT2D eigenvalue weighted by atomic mass is 19.4.